The van der Waals surface area contributed by atoms with E-state index < -0.39 is 0 Å². The highest BCUT2D eigenvalue weighted by molar-refractivity contribution is 5.03. The van der Waals surface area contributed by atoms with Crippen LogP contribution in [0.1, 0.15) is 18.2 Å². The normalized spacial score (nSPS) is 17.3. The molecule has 2 rings (SSSR count). The van der Waals surface area contributed by atoms with E-state index in [0.717, 1.165) is 32.6 Å². The molecular formula is C9H15N3O. The molecule has 72 valence electrons. The van der Waals surface area contributed by atoms with Crippen LogP contribution in [-0.4, -0.2) is 29.5 Å². The number of nitrogens with two attached hydrogens (primary N) is 1. The molecule has 0 aliphatic carbocycles. The van der Waals surface area contributed by atoms with E-state index in [1.807, 2.05) is 6.20 Å². The first-order chi connectivity index (χ1) is 6.42. The van der Waals surface area contributed by atoms with Crippen LogP contribution in [0.2, 0.25) is 0 Å². The summed E-state index contributed by atoms with van der Waals surface area (Å²) in [5.74, 6) is 0. The van der Waals surface area contributed by atoms with Crippen molar-refractivity contribution in [3.63, 3.8) is 0 Å². The summed E-state index contributed by atoms with van der Waals surface area (Å²) >= 11 is 0. The Balaban J connectivity index is 2.02. The second-order valence-electron chi connectivity index (χ2n) is 3.35. The van der Waals surface area contributed by atoms with Crippen LogP contribution in [0, 0.1) is 0 Å². The first-order valence-corrected chi connectivity index (χ1v) is 4.72. The van der Waals surface area contributed by atoms with Gasteiger partial charge in [-0.05, 0) is 25.5 Å². The fraction of sp³-hybridized carbons (Fsp3) is 0.667. The first kappa shape index (κ1) is 8.72. The van der Waals surface area contributed by atoms with Crippen molar-refractivity contribution in [1.29, 1.82) is 0 Å². The van der Waals surface area contributed by atoms with Crippen LogP contribution < -0.4 is 5.73 Å². The van der Waals surface area contributed by atoms with Gasteiger partial charge in [-0.2, -0.15) is 5.10 Å². The quantitative estimate of drug-likeness (QED) is 0.729. The van der Waals surface area contributed by atoms with Crippen LogP contribution in [0.5, 0.6) is 0 Å². The van der Waals surface area contributed by atoms with Gasteiger partial charge in [-0.1, -0.05) is 0 Å². The number of ether oxygens (including phenoxy) is 1. The fourth-order valence-corrected chi connectivity index (χ4v) is 1.52. The van der Waals surface area contributed by atoms with Crippen molar-refractivity contribution < 1.29 is 4.74 Å². The molecule has 0 unspecified atom stereocenters. The fourth-order valence-electron chi connectivity index (χ4n) is 1.52. The van der Waals surface area contributed by atoms with Gasteiger partial charge in [0.05, 0.1) is 19.3 Å². The zero-order valence-electron chi connectivity index (χ0n) is 7.65. The third kappa shape index (κ3) is 1.73. The Labute approximate surface area is 77.7 Å². The molecule has 0 atom stereocenters. The first-order valence-electron chi connectivity index (χ1n) is 4.72. The van der Waals surface area contributed by atoms with Crippen molar-refractivity contribution in [2.75, 3.05) is 19.8 Å². The van der Waals surface area contributed by atoms with Crippen LogP contribution in [0.25, 0.3) is 0 Å². The highest BCUT2D eigenvalue weighted by atomic mass is 16.5. The largest absolute Gasteiger partial charge is 0.377 e. The average molecular weight is 181 g/mol. The molecule has 0 amide bonds. The Kier molecular flexibility index (Phi) is 2.61. The summed E-state index contributed by atoms with van der Waals surface area (Å²) < 4.78 is 7.20. The topological polar surface area (TPSA) is 53.1 Å². The van der Waals surface area contributed by atoms with Crippen molar-refractivity contribution in [2.24, 2.45) is 5.73 Å². The minimum absolute atomic E-state index is 0.461. The molecule has 4 heteroatoms. The molecule has 1 saturated heterocycles. The second-order valence-corrected chi connectivity index (χ2v) is 3.35. The van der Waals surface area contributed by atoms with Crippen molar-refractivity contribution in [3.8, 4) is 0 Å². The zero-order chi connectivity index (χ0) is 9.10. The Morgan fingerprint density at radius 3 is 3.08 bits per heavy atom. The van der Waals surface area contributed by atoms with Crippen molar-refractivity contribution in [3.05, 3.63) is 18.0 Å². The van der Waals surface area contributed by atoms with Gasteiger partial charge in [0.2, 0.25) is 0 Å². The summed E-state index contributed by atoms with van der Waals surface area (Å²) in [6, 6.07) is 2.52. The van der Waals surface area contributed by atoms with E-state index in [0.29, 0.717) is 6.04 Å². The standard InChI is InChI=1S/C9H15N3O/c10-4-1-2-8-3-5-11-12(8)9-6-13-7-9/h3,5,9H,1-2,4,6-7,10H2. The summed E-state index contributed by atoms with van der Waals surface area (Å²) in [5, 5.41) is 4.29. The maximum Gasteiger partial charge on any atom is 0.0988 e. The molecule has 1 aromatic rings. The van der Waals surface area contributed by atoms with E-state index in [1.165, 1.54) is 5.69 Å². The molecule has 0 aromatic carbocycles. The van der Waals surface area contributed by atoms with Crippen LogP contribution in [0.3, 0.4) is 0 Å². The summed E-state index contributed by atoms with van der Waals surface area (Å²) in [6.07, 6.45) is 3.90. The third-order valence-corrected chi connectivity index (χ3v) is 2.36. The molecule has 0 saturated carbocycles. The van der Waals surface area contributed by atoms with Gasteiger partial charge in [0, 0.05) is 11.9 Å². The molecule has 13 heavy (non-hydrogen) atoms. The van der Waals surface area contributed by atoms with Gasteiger partial charge in [0.15, 0.2) is 0 Å². The molecule has 0 bridgehead atoms. The molecule has 1 aliphatic rings. The van der Waals surface area contributed by atoms with E-state index >= 15 is 0 Å². The van der Waals surface area contributed by atoms with E-state index in [9.17, 15) is 0 Å². The smallest absolute Gasteiger partial charge is 0.0988 e. The van der Waals surface area contributed by atoms with Gasteiger partial charge in [-0.15, -0.1) is 0 Å². The lowest BCUT2D eigenvalue weighted by atomic mass is 10.2. The molecule has 0 radical (unpaired) electrons. The summed E-state index contributed by atoms with van der Waals surface area (Å²) in [5.41, 5.74) is 6.74. The van der Waals surface area contributed by atoms with Crippen molar-refractivity contribution >= 4 is 0 Å². The molecule has 1 fully saturated rings. The van der Waals surface area contributed by atoms with Crippen LogP contribution in [0.4, 0.5) is 0 Å². The number of aromatic nitrogens is 2. The van der Waals surface area contributed by atoms with Gasteiger partial charge in [0.25, 0.3) is 0 Å². The highest BCUT2D eigenvalue weighted by Crippen LogP contribution is 2.18. The second kappa shape index (κ2) is 3.89. The summed E-state index contributed by atoms with van der Waals surface area (Å²) in [6.45, 7) is 2.35. The Morgan fingerprint density at radius 1 is 1.62 bits per heavy atom. The van der Waals surface area contributed by atoms with Crippen LogP contribution in [0.15, 0.2) is 12.3 Å². The third-order valence-electron chi connectivity index (χ3n) is 2.36. The van der Waals surface area contributed by atoms with Crippen LogP contribution in [-0.2, 0) is 11.2 Å². The van der Waals surface area contributed by atoms with Crippen molar-refractivity contribution in [1.82, 2.24) is 9.78 Å². The van der Waals surface area contributed by atoms with Gasteiger partial charge >= 0.3 is 0 Å². The Hall–Kier alpha value is -0.870. The van der Waals surface area contributed by atoms with Gasteiger partial charge < -0.3 is 10.5 Å². The molecular weight excluding hydrogens is 166 g/mol. The Morgan fingerprint density at radius 2 is 2.46 bits per heavy atom. The van der Waals surface area contributed by atoms with Crippen molar-refractivity contribution in [2.45, 2.75) is 18.9 Å². The number of hydrogen-bond donors (Lipinski definition) is 1. The summed E-state index contributed by atoms with van der Waals surface area (Å²) in [4.78, 5) is 0. The monoisotopic (exact) mass is 181 g/mol. The maximum absolute atomic E-state index is 5.46. The Bertz CT molecular complexity index is 268. The molecule has 2 heterocycles. The average Bonchev–Trinajstić information content (AvgIpc) is 2.46. The minimum Gasteiger partial charge on any atom is -0.377 e. The van der Waals surface area contributed by atoms with E-state index in [4.69, 9.17) is 10.5 Å². The molecule has 2 N–H and O–H groups in total. The van der Waals surface area contributed by atoms with E-state index in [-0.39, 0.29) is 0 Å². The lowest BCUT2D eigenvalue weighted by molar-refractivity contribution is -0.0298. The molecule has 1 aliphatic heterocycles. The summed E-state index contributed by atoms with van der Waals surface area (Å²) in [7, 11) is 0. The SMILES string of the molecule is NCCCc1ccnn1C1COC1. The molecule has 1 aromatic heterocycles. The number of rotatable bonds is 4. The minimum atomic E-state index is 0.461. The predicted molar refractivity (Wildman–Crippen MR) is 49.5 cm³/mol. The van der Waals surface area contributed by atoms with Crippen LogP contribution >= 0.6 is 0 Å². The number of aryl methyl sites for hydroxylation is 1. The number of hydrogen-bond acceptors (Lipinski definition) is 3. The lowest BCUT2D eigenvalue weighted by Gasteiger charge is -2.27. The van der Waals surface area contributed by atoms with Gasteiger partial charge in [0.1, 0.15) is 0 Å². The van der Waals surface area contributed by atoms with Gasteiger partial charge in [-0.3, -0.25) is 4.68 Å². The highest BCUT2D eigenvalue weighted by Gasteiger charge is 2.22. The number of nitrogens with zero attached hydrogens (tertiary/aromatic N) is 2. The van der Waals surface area contributed by atoms with E-state index in [1.54, 1.807) is 0 Å². The maximum atomic E-state index is 5.46. The molecule has 4 nitrogen and oxygen atoms in total. The predicted octanol–water partition coefficient (Wildman–Crippen LogP) is 0.346. The zero-order valence-corrected chi connectivity index (χ0v) is 7.65. The van der Waals surface area contributed by atoms with Gasteiger partial charge in [-0.25, -0.2) is 0 Å². The lowest BCUT2D eigenvalue weighted by Crippen LogP contribution is -2.32. The molecule has 0 spiro atoms. The van der Waals surface area contributed by atoms with E-state index in [2.05, 4.69) is 15.8 Å².